The number of aromatic nitrogens is 2. The number of fused-ring (bicyclic) bond motifs is 2. The molecule has 1 aromatic carbocycles. The zero-order valence-electron chi connectivity index (χ0n) is 15.2. The fourth-order valence-corrected chi connectivity index (χ4v) is 3.98. The van der Waals surface area contributed by atoms with Gasteiger partial charge in [0.15, 0.2) is 5.82 Å². The molecule has 2 aliphatic heterocycles. The third kappa shape index (κ3) is 3.21. The summed E-state index contributed by atoms with van der Waals surface area (Å²) in [6, 6.07) is 10.1. The van der Waals surface area contributed by atoms with E-state index in [9.17, 15) is 4.79 Å². The molecule has 1 N–H and O–H groups in total. The fraction of sp³-hybridized carbons (Fsp3) is 0.381. The summed E-state index contributed by atoms with van der Waals surface area (Å²) < 4.78 is 5.93. The molecule has 0 spiro atoms. The Morgan fingerprint density at radius 1 is 1.19 bits per heavy atom. The maximum Gasteiger partial charge on any atom is 0.255 e. The number of hydrogen-bond donors (Lipinski definition) is 1. The summed E-state index contributed by atoms with van der Waals surface area (Å²) in [5.74, 6) is 1.60. The molecule has 2 aromatic heterocycles. The SMILES string of the molecule is O=c1[nH]c(C2=NCCCC2)nc2c1CN(Cc1cc3ccccc3o1)CC2. The molecule has 5 rings (SSSR count). The summed E-state index contributed by atoms with van der Waals surface area (Å²) in [7, 11) is 0. The van der Waals surface area contributed by atoms with Gasteiger partial charge in [-0.2, -0.15) is 0 Å². The lowest BCUT2D eigenvalue weighted by Gasteiger charge is -2.27. The van der Waals surface area contributed by atoms with Crippen LogP contribution in [0.5, 0.6) is 0 Å². The largest absolute Gasteiger partial charge is 0.460 e. The summed E-state index contributed by atoms with van der Waals surface area (Å²) in [4.78, 5) is 27.2. The minimum absolute atomic E-state index is 0.0300. The first kappa shape index (κ1) is 16.4. The van der Waals surface area contributed by atoms with E-state index in [0.29, 0.717) is 18.9 Å². The van der Waals surface area contributed by atoms with Crippen LogP contribution < -0.4 is 5.56 Å². The van der Waals surface area contributed by atoms with Crippen LogP contribution in [0.3, 0.4) is 0 Å². The molecule has 27 heavy (non-hydrogen) atoms. The molecule has 0 radical (unpaired) electrons. The first-order valence-electron chi connectivity index (χ1n) is 9.62. The lowest BCUT2D eigenvalue weighted by Crippen LogP contribution is -2.36. The van der Waals surface area contributed by atoms with Crippen molar-refractivity contribution >= 4 is 16.7 Å². The van der Waals surface area contributed by atoms with Crippen LogP contribution in [0, 0.1) is 0 Å². The van der Waals surface area contributed by atoms with Gasteiger partial charge in [-0.15, -0.1) is 0 Å². The van der Waals surface area contributed by atoms with Gasteiger partial charge in [-0.25, -0.2) is 4.98 Å². The van der Waals surface area contributed by atoms with Crippen molar-refractivity contribution in [3.63, 3.8) is 0 Å². The minimum atomic E-state index is -0.0300. The highest BCUT2D eigenvalue weighted by atomic mass is 16.3. The van der Waals surface area contributed by atoms with Crippen LogP contribution >= 0.6 is 0 Å². The van der Waals surface area contributed by atoms with Crippen molar-refractivity contribution in [2.75, 3.05) is 13.1 Å². The van der Waals surface area contributed by atoms with Crippen molar-refractivity contribution in [1.82, 2.24) is 14.9 Å². The number of rotatable bonds is 3. The number of H-pyrrole nitrogens is 1. The fourth-order valence-electron chi connectivity index (χ4n) is 3.98. The standard InChI is InChI=1S/C21H22N4O2/c26-21-16-13-25(12-15-11-14-5-1-2-7-19(14)27-15)10-8-17(16)23-20(24-21)18-6-3-4-9-22-18/h1-2,5,7,11H,3-4,6,8-10,12-13H2,(H,23,24,26). The van der Waals surface area contributed by atoms with E-state index in [2.05, 4.69) is 27.0 Å². The van der Waals surface area contributed by atoms with Gasteiger partial charge in [0.2, 0.25) is 0 Å². The van der Waals surface area contributed by atoms with Crippen LogP contribution in [0.15, 0.2) is 44.5 Å². The van der Waals surface area contributed by atoms with Gasteiger partial charge in [0.25, 0.3) is 5.56 Å². The molecule has 0 bridgehead atoms. The average molecular weight is 362 g/mol. The van der Waals surface area contributed by atoms with Crippen LogP contribution in [-0.4, -0.2) is 33.7 Å². The van der Waals surface area contributed by atoms with E-state index in [1.54, 1.807) is 0 Å². The van der Waals surface area contributed by atoms with E-state index in [0.717, 1.165) is 72.5 Å². The van der Waals surface area contributed by atoms with Crippen LogP contribution in [0.25, 0.3) is 11.0 Å². The molecule has 0 saturated carbocycles. The molecule has 2 aliphatic rings. The van der Waals surface area contributed by atoms with Gasteiger partial charge in [0, 0.05) is 31.4 Å². The van der Waals surface area contributed by atoms with Gasteiger partial charge in [-0.05, 0) is 31.4 Å². The zero-order chi connectivity index (χ0) is 18.2. The molecule has 0 amide bonds. The lowest BCUT2D eigenvalue weighted by atomic mass is 10.1. The molecule has 6 nitrogen and oxygen atoms in total. The quantitative estimate of drug-likeness (QED) is 0.777. The Morgan fingerprint density at radius 3 is 2.96 bits per heavy atom. The Bertz CT molecular complexity index is 1050. The van der Waals surface area contributed by atoms with Crippen molar-refractivity contribution < 1.29 is 4.42 Å². The summed E-state index contributed by atoms with van der Waals surface area (Å²) >= 11 is 0. The van der Waals surface area contributed by atoms with Gasteiger partial charge in [0.05, 0.1) is 23.5 Å². The van der Waals surface area contributed by atoms with E-state index >= 15 is 0 Å². The number of para-hydroxylation sites is 1. The van der Waals surface area contributed by atoms with Gasteiger partial charge >= 0.3 is 0 Å². The number of benzene rings is 1. The van der Waals surface area contributed by atoms with Crippen LogP contribution in [0.1, 0.15) is 42.1 Å². The number of nitrogens with zero attached hydrogens (tertiary/aromatic N) is 3. The summed E-state index contributed by atoms with van der Waals surface area (Å²) in [5.41, 5.74) is 3.52. The molecule has 0 saturated heterocycles. The molecule has 6 heteroatoms. The van der Waals surface area contributed by atoms with Crippen molar-refractivity contribution in [2.24, 2.45) is 4.99 Å². The summed E-state index contributed by atoms with van der Waals surface area (Å²) in [6.07, 6.45) is 3.92. The number of furan rings is 1. The third-order valence-electron chi connectivity index (χ3n) is 5.40. The van der Waals surface area contributed by atoms with Crippen molar-refractivity contribution in [2.45, 2.75) is 38.8 Å². The average Bonchev–Trinajstić information content (AvgIpc) is 3.11. The zero-order valence-corrected chi connectivity index (χ0v) is 15.2. The second-order valence-corrected chi connectivity index (χ2v) is 7.34. The Kier molecular flexibility index (Phi) is 4.13. The number of nitrogens with one attached hydrogen (secondary N) is 1. The Labute approximate surface area is 156 Å². The first-order valence-corrected chi connectivity index (χ1v) is 9.62. The highest BCUT2D eigenvalue weighted by Crippen LogP contribution is 2.22. The maximum absolute atomic E-state index is 12.7. The Balaban J connectivity index is 1.37. The topological polar surface area (TPSA) is 74.5 Å². The van der Waals surface area contributed by atoms with E-state index in [1.165, 1.54) is 0 Å². The number of aliphatic imine (C=N–C) groups is 1. The van der Waals surface area contributed by atoms with Gasteiger partial charge < -0.3 is 9.40 Å². The molecule has 4 heterocycles. The van der Waals surface area contributed by atoms with Crippen molar-refractivity contribution in [1.29, 1.82) is 0 Å². The first-order chi connectivity index (χ1) is 13.3. The lowest BCUT2D eigenvalue weighted by molar-refractivity contribution is 0.224. The molecule has 0 atom stereocenters. The summed E-state index contributed by atoms with van der Waals surface area (Å²) in [5, 5.41) is 1.11. The van der Waals surface area contributed by atoms with Crippen molar-refractivity contribution in [3.8, 4) is 0 Å². The maximum atomic E-state index is 12.7. The van der Waals surface area contributed by atoms with E-state index in [4.69, 9.17) is 9.40 Å². The normalized spacial score (nSPS) is 17.7. The van der Waals surface area contributed by atoms with Gasteiger partial charge in [-0.3, -0.25) is 14.7 Å². The van der Waals surface area contributed by atoms with Crippen LogP contribution in [-0.2, 0) is 19.5 Å². The van der Waals surface area contributed by atoms with Crippen LogP contribution in [0.2, 0.25) is 0 Å². The molecule has 0 aliphatic carbocycles. The van der Waals surface area contributed by atoms with Crippen molar-refractivity contribution in [3.05, 3.63) is 63.5 Å². The molecule has 138 valence electrons. The number of aromatic amines is 1. The Morgan fingerprint density at radius 2 is 2.11 bits per heavy atom. The molecular formula is C21H22N4O2. The smallest absolute Gasteiger partial charge is 0.255 e. The minimum Gasteiger partial charge on any atom is -0.460 e. The van der Waals surface area contributed by atoms with Gasteiger partial charge in [-0.1, -0.05) is 18.2 Å². The highest BCUT2D eigenvalue weighted by molar-refractivity contribution is 5.97. The number of hydrogen-bond acceptors (Lipinski definition) is 5. The van der Waals surface area contributed by atoms with Crippen LogP contribution in [0.4, 0.5) is 0 Å². The predicted octanol–water partition coefficient (Wildman–Crippen LogP) is 3.05. The second kappa shape index (κ2) is 6.78. The molecule has 0 fully saturated rings. The predicted molar refractivity (Wildman–Crippen MR) is 104 cm³/mol. The van der Waals surface area contributed by atoms with E-state index in [1.807, 2.05) is 18.2 Å². The summed E-state index contributed by atoms with van der Waals surface area (Å²) in [6.45, 7) is 3.00. The molecular weight excluding hydrogens is 340 g/mol. The third-order valence-corrected chi connectivity index (χ3v) is 5.40. The highest BCUT2D eigenvalue weighted by Gasteiger charge is 2.23. The monoisotopic (exact) mass is 362 g/mol. The van der Waals surface area contributed by atoms with E-state index in [-0.39, 0.29) is 5.56 Å². The second-order valence-electron chi connectivity index (χ2n) is 7.34. The molecule has 0 unspecified atom stereocenters. The molecule has 3 aromatic rings. The van der Waals surface area contributed by atoms with Gasteiger partial charge in [0.1, 0.15) is 11.3 Å². The Hall–Kier alpha value is -2.73. The van der Waals surface area contributed by atoms with E-state index < -0.39 is 0 Å².